The molecule has 0 N–H and O–H groups in total. The zero-order chi connectivity index (χ0) is 14.7. The van der Waals surface area contributed by atoms with Crippen LogP contribution in [0.3, 0.4) is 0 Å². The molecule has 2 rings (SSSR count). The van der Waals surface area contributed by atoms with E-state index in [1.807, 2.05) is 4.90 Å². The van der Waals surface area contributed by atoms with E-state index in [2.05, 4.69) is 32.6 Å². The average molecular weight is 284 g/mol. The number of hydrogen-bond acceptors (Lipinski definition) is 4. The Morgan fingerprint density at radius 1 is 1.10 bits per heavy atom. The number of ether oxygens (including phenoxy) is 2. The van der Waals surface area contributed by atoms with Crippen LogP contribution < -0.4 is 0 Å². The van der Waals surface area contributed by atoms with Gasteiger partial charge >= 0.3 is 0 Å². The summed E-state index contributed by atoms with van der Waals surface area (Å²) in [5, 5.41) is 0. The topological polar surface area (TPSA) is 42.0 Å². The molecular weight excluding hydrogens is 256 g/mol. The quantitative estimate of drug-likeness (QED) is 0.775. The molecule has 2 fully saturated rings. The summed E-state index contributed by atoms with van der Waals surface area (Å²) in [5.41, 5.74) is 0. The summed E-state index contributed by atoms with van der Waals surface area (Å²) >= 11 is 0. The smallest absolute Gasteiger partial charge is 0.240 e. The van der Waals surface area contributed by atoms with Gasteiger partial charge in [0.1, 0.15) is 0 Å². The first kappa shape index (κ1) is 15.7. The van der Waals surface area contributed by atoms with Gasteiger partial charge in [-0.25, -0.2) is 0 Å². The normalized spacial score (nSPS) is 30.6. The second-order valence-electron chi connectivity index (χ2n) is 6.34. The maximum Gasteiger partial charge on any atom is 0.240 e. The minimum absolute atomic E-state index is 0.0399. The van der Waals surface area contributed by atoms with Crippen LogP contribution in [0.25, 0.3) is 0 Å². The molecule has 20 heavy (non-hydrogen) atoms. The molecule has 0 spiro atoms. The van der Waals surface area contributed by atoms with E-state index in [0.717, 1.165) is 26.2 Å². The monoisotopic (exact) mass is 284 g/mol. The highest BCUT2D eigenvalue weighted by atomic mass is 16.5. The van der Waals surface area contributed by atoms with Crippen molar-refractivity contribution in [1.82, 2.24) is 9.80 Å². The lowest BCUT2D eigenvalue weighted by molar-refractivity contribution is -0.149. The van der Waals surface area contributed by atoms with Gasteiger partial charge in [-0.3, -0.25) is 9.69 Å². The van der Waals surface area contributed by atoms with E-state index < -0.39 is 0 Å². The van der Waals surface area contributed by atoms with E-state index in [9.17, 15) is 4.79 Å². The third kappa shape index (κ3) is 3.71. The Morgan fingerprint density at radius 2 is 1.65 bits per heavy atom. The minimum atomic E-state index is -0.0399. The summed E-state index contributed by atoms with van der Waals surface area (Å²) in [4.78, 5) is 17.1. The molecule has 2 aliphatic rings. The number of hydrogen-bond donors (Lipinski definition) is 0. The van der Waals surface area contributed by atoms with Gasteiger partial charge in [0.15, 0.2) is 0 Å². The first-order valence-corrected chi connectivity index (χ1v) is 7.75. The third-order valence-corrected chi connectivity index (χ3v) is 4.05. The number of morpholine rings is 2. The first-order valence-electron chi connectivity index (χ1n) is 7.75. The van der Waals surface area contributed by atoms with Gasteiger partial charge in [-0.05, 0) is 19.8 Å². The Hall–Kier alpha value is -0.650. The van der Waals surface area contributed by atoms with Crippen molar-refractivity contribution in [3.8, 4) is 0 Å². The van der Waals surface area contributed by atoms with Crippen LogP contribution >= 0.6 is 0 Å². The van der Waals surface area contributed by atoms with E-state index >= 15 is 0 Å². The molecule has 0 aromatic heterocycles. The molecule has 3 unspecified atom stereocenters. The van der Waals surface area contributed by atoms with E-state index in [0.29, 0.717) is 19.1 Å². The van der Waals surface area contributed by atoms with Crippen LogP contribution in [-0.4, -0.2) is 73.3 Å². The molecule has 116 valence electrons. The van der Waals surface area contributed by atoms with Gasteiger partial charge in [-0.2, -0.15) is 0 Å². The summed E-state index contributed by atoms with van der Waals surface area (Å²) < 4.78 is 11.1. The van der Waals surface area contributed by atoms with Gasteiger partial charge in [0.05, 0.1) is 31.5 Å². The third-order valence-electron chi connectivity index (χ3n) is 4.05. The van der Waals surface area contributed by atoms with Gasteiger partial charge < -0.3 is 14.4 Å². The number of amides is 1. The van der Waals surface area contributed by atoms with Gasteiger partial charge in [0, 0.05) is 26.2 Å². The lowest BCUT2D eigenvalue weighted by Crippen LogP contribution is -2.58. The molecule has 5 nitrogen and oxygen atoms in total. The highest BCUT2D eigenvalue weighted by molar-refractivity contribution is 5.82. The largest absolute Gasteiger partial charge is 0.378 e. The van der Waals surface area contributed by atoms with Crippen LogP contribution in [0.5, 0.6) is 0 Å². The Bertz CT molecular complexity index is 319. The van der Waals surface area contributed by atoms with Crippen molar-refractivity contribution in [2.45, 2.75) is 45.9 Å². The fourth-order valence-corrected chi connectivity index (χ4v) is 3.28. The van der Waals surface area contributed by atoms with E-state index in [4.69, 9.17) is 9.47 Å². The van der Waals surface area contributed by atoms with Crippen molar-refractivity contribution in [1.29, 1.82) is 0 Å². The second-order valence-corrected chi connectivity index (χ2v) is 6.34. The maximum atomic E-state index is 12.8. The molecule has 0 aliphatic carbocycles. The average Bonchev–Trinajstić information content (AvgIpc) is 2.38. The highest BCUT2D eigenvalue weighted by Gasteiger charge is 2.36. The van der Waals surface area contributed by atoms with Crippen molar-refractivity contribution in [3.63, 3.8) is 0 Å². The predicted octanol–water partition coefficient (Wildman–Crippen LogP) is 0.979. The van der Waals surface area contributed by atoms with Crippen LogP contribution in [0.4, 0.5) is 0 Å². The second kappa shape index (κ2) is 6.87. The molecule has 3 atom stereocenters. The lowest BCUT2D eigenvalue weighted by atomic mass is 9.99. The van der Waals surface area contributed by atoms with Crippen molar-refractivity contribution in [2.75, 3.05) is 39.4 Å². The zero-order valence-corrected chi connectivity index (χ0v) is 13.2. The molecule has 0 saturated carbocycles. The number of carbonyl (C=O) groups is 1. The zero-order valence-electron chi connectivity index (χ0n) is 13.2. The van der Waals surface area contributed by atoms with E-state index in [1.165, 1.54) is 0 Å². The summed E-state index contributed by atoms with van der Waals surface area (Å²) in [6, 6.07) is -0.0399. The van der Waals surface area contributed by atoms with Gasteiger partial charge in [0.2, 0.25) is 5.91 Å². The van der Waals surface area contributed by atoms with Crippen molar-refractivity contribution in [3.05, 3.63) is 0 Å². The van der Waals surface area contributed by atoms with Crippen LogP contribution in [0.2, 0.25) is 0 Å². The predicted molar refractivity (Wildman–Crippen MR) is 77.6 cm³/mol. The van der Waals surface area contributed by atoms with Crippen molar-refractivity contribution in [2.24, 2.45) is 5.92 Å². The molecule has 0 bridgehead atoms. The molecule has 0 aromatic carbocycles. The van der Waals surface area contributed by atoms with E-state index in [-0.39, 0.29) is 24.2 Å². The maximum absolute atomic E-state index is 12.8. The van der Waals surface area contributed by atoms with Gasteiger partial charge in [-0.15, -0.1) is 0 Å². The summed E-state index contributed by atoms with van der Waals surface area (Å²) in [7, 11) is 0. The molecule has 0 aromatic rings. The minimum Gasteiger partial charge on any atom is -0.378 e. The summed E-state index contributed by atoms with van der Waals surface area (Å²) in [5.74, 6) is 0.562. The summed E-state index contributed by atoms with van der Waals surface area (Å²) in [6.07, 6.45) is 0.384. The Morgan fingerprint density at radius 3 is 2.15 bits per heavy atom. The SMILES string of the molecule is CC1CN(C(C(=O)N2CCOCC2)C(C)C)CC(C)O1. The van der Waals surface area contributed by atoms with E-state index in [1.54, 1.807) is 0 Å². The van der Waals surface area contributed by atoms with Crippen LogP contribution in [-0.2, 0) is 14.3 Å². The van der Waals surface area contributed by atoms with Crippen LogP contribution in [0.1, 0.15) is 27.7 Å². The first-order chi connectivity index (χ1) is 9.49. The lowest BCUT2D eigenvalue weighted by Gasteiger charge is -2.43. The number of nitrogens with zero attached hydrogens (tertiary/aromatic N) is 2. The molecule has 2 heterocycles. The number of rotatable bonds is 3. The van der Waals surface area contributed by atoms with Crippen molar-refractivity contribution >= 4 is 5.91 Å². The van der Waals surface area contributed by atoms with Crippen molar-refractivity contribution < 1.29 is 14.3 Å². The number of carbonyl (C=O) groups excluding carboxylic acids is 1. The fourth-order valence-electron chi connectivity index (χ4n) is 3.28. The standard InChI is InChI=1S/C15H28N2O3/c1-11(2)14(15(18)16-5-7-19-8-6-16)17-9-12(3)20-13(4)10-17/h11-14H,5-10H2,1-4H3. The molecule has 5 heteroatoms. The molecule has 2 aliphatic heterocycles. The van der Waals surface area contributed by atoms with Gasteiger partial charge in [-0.1, -0.05) is 13.8 Å². The molecule has 1 amide bonds. The van der Waals surface area contributed by atoms with Crippen LogP contribution in [0, 0.1) is 5.92 Å². The summed E-state index contributed by atoms with van der Waals surface area (Å²) in [6.45, 7) is 12.9. The molecule has 0 radical (unpaired) electrons. The van der Waals surface area contributed by atoms with Crippen LogP contribution in [0.15, 0.2) is 0 Å². The Kier molecular flexibility index (Phi) is 5.41. The Labute approximate surface area is 122 Å². The van der Waals surface area contributed by atoms with Gasteiger partial charge in [0.25, 0.3) is 0 Å². The Balaban J connectivity index is 2.07. The highest BCUT2D eigenvalue weighted by Crippen LogP contribution is 2.20. The fraction of sp³-hybridized carbons (Fsp3) is 0.933. The molecular formula is C15H28N2O3. The molecule has 2 saturated heterocycles.